The van der Waals surface area contributed by atoms with Crippen LogP contribution >= 0.6 is 22.6 Å². The normalized spacial score (nSPS) is 11.2. The summed E-state index contributed by atoms with van der Waals surface area (Å²) >= 11 is 2.06. The maximum absolute atomic E-state index is 12.1. The molecule has 0 saturated carbocycles. The zero-order valence-electron chi connectivity index (χ0n) is 11.9. The summed E-state index contributed by atoms with van der Waals surface area (Å²) in [5.74, 6) is 1.36. The van der Waals surface area contributed by atoms with E-state index in [2.05, 4.69) is 39.5 Å². The number of para-hydroxylation sites is 1. The van der Waals surface area contributed by atoms with E-state index in [1.807, 2.05) is 31.2 Å². The largest absolute Gasteiger partial charge is 0.461 e. The van der Waals surface area contributed by atoms with Gasteiger partial charge < -0.3 is 9.40 Å². The molecule has 3 rings (SSSR count). The number of nitrogens with one attached hydrogen (secondary N) is 1. The van der Waals surface area contributed by atoms with Crippen LogP contribution in [-0.2, 0) is 6.42 Å². The molecular weight excluding hydrogens is 379 g/mol. The van der Waals surface area contributed by atoms with E-state index in [4.69, 9.17) is 4.42 Å². The Kier molecular flexibility index (Phi) is 3.84. The van der Waals surface area contributed by atoms with Crippen molar-refractivity contribution in [1.29, 1.82) is 0 Å². The number of benzene rings is 1. The van der Waals surface area contributed by atoms with Gasteiger partial charge in [-0.25, -0.2) is 4.98 Å². The highest BCUT2D eigenvalue weighted by atomic mass is 127. The second kappa shape index (κ2) is 5.63. The topological polar surface area (TPSA) is 58.9 Å². The van der Waals surface area contributed by atoms with E-state index in [0.29, 0.717) is 9.39 Å². The number of fused-ring (bicyclic) bond motifs is 1. The number of halogens is 1. The molecule has 0 bridgehead atoms. The predicted molar refractivity (Wildman–Crippen MR) is 91.5 cm³/mol. The maximum atomic E-state index is 12.1. The molecule has 0 unspecified atom stereocenters. The highest BCUT2D eigenvalue weighted by Gasteiger charge is 2.17. The van der Waals surface area contributed by atoms with E-state index >= 15 is 0 Å². The molecule has 0 atom stereocenters. The molecule has 0 aliphatic carbocycles. The van der Waals surface area contributed by atoms with Crippen molar-refractivity contribution in [2.45, 2.75) is 26.7 Å². The standard InChI is InChI=1S/C16H15IN2O2/c1-3-6-11-14(17)16(20)19-15(18-11)13-9(2)21-12-8-5-4-7-10(12)13/h4-5,7-8H,3,6H2,1-2H3,(H,18,19,20). The number of rotatable bonds is 3. The van der Waals surface area contributed by atoms with E-state index in [0.717, 1.165) is 40.8 Å². The molecule has 4 nitrogen and oxygen atoms in total. The molecule has 5 heteroatoms. The van der Waals surface area contributed by atoms with Crippen LogP contribution in [0.3, 0.4) is 0 Å². The summed E-state index contributed by atoms with van der Waals surface area (Å²) in [7, 11) is 0. The van der Waals surface area contributed by atoms with Crippen molar-refractivity contribution in [2.75, 3.05) is 0 Å². The fourth-order valence-corrected chi connectivity index (χ4v) is 3.01. The lowest BCUT2D eigenvalue weighted by Crippen LogP contribution is -2.16. The molecule has 108 valence electrons. The van der Waals surface area contributed by atoms with Crippen molar-refractivity contribution < 1.29 is 4.42 Å². The molecule has 0 aliphatic rings. The van der Waals surface area contributed by atoms with Gasteiger partial charge >= 0.3 is 0 Å². The van der Waals surface area contributed by atoms with Gasteiger partial charge in [-0.05, 0) is 42.0 Å². The Morgan fingerprint density at radius 2 is 2.10 bits per heavy atom. The molecule has 1 aromatic carbocycles. The molecule has 1 N–H and O–H groups in total. The number of aryl methyl sites for hydroxylation is 2. The Balaban J connectivity index is 2.28. The third-order valence-electron chi connectivity index (χ3n) is 3.43. The molecule has 2 heterocycles. The third-order valence-corrected chi connectivity index (χ3v) is 4.54. The average molecular weight is 394 g/mol. The van der Waals surface area contributed by atoms with Gasteiger partial charge in [-0.1, -0.05) is 31.5 Å². The van der Waals surface area contributed by atoms with E-state index < -0.39 is 0 Å². The van der Waals surface area contributed by atoms with Crippen LogP contribution < -0.4 is 5.56 Å². The number of hydrogen-bond donors (Lipinski definition) is 1. The number of hydrogen-bond acceptors (Lipinski definition) is 3. The van der Waals surface area contributed by atoms with Crippen LogP contribution in [0.4, 0.5) is 0 Å². The summed E-state index contributed by atoms with van der Waals surface area (Å²) in [6, 6.07) is 7.79. The van der Waals surface area contributed by atoms with Crippen LogP contribution in [0.2, 0.25) is 0 Å². The second-order valence-corrected chi connectivity index (χ2v) is 6.03. The summed E-state index contributed by atoms with van der Waals surface area (Å²) in [6.45, 7) is 3.98. The van der Waals surface area contributed by atoms with Gasteiger partial charge in [0, 0.05) is 5.39 Å². The van der Waals surface area contributed by atoms with Crippen molar-refractivity contribution in [1.82, 2.24) is 9.97 Å². The summed E-state index contributed by atoms with van der Waals surface area (Å²) in [5, 5.41) is 0.974. The van der Waals surface area contributed by atoms with Gasteiger partial charge in [-0.3, -0.25) is 4.79 Å². The fraction of sp³-hybridized carbons (Fsp3) is 0.250. The van der Waals surface area contributed by atoms with Gasteiger partial charge in [-0.2, -0.15) is 0 Å². The summed E-state index contributed by atoms with van der Waals surface area (Å²) in [6.07, 6.45) is 1.75. The number of aromatic amines is 1. The summed E-state index contributed by atoms with van der Waals surface area (Å²) in [5.41, 5.74) is 2.44. The van der Waals surface area contributed by atoms with Crippen LogP contribution in [0.15, 0.2) is 33.5 Å². The van der Waals surface area contributed by atoms with E-state index in [1.165, 1.54) is 0 Å². The van der Waals surface area contributed by atoms with Crippen molar-refractivity contribution in [2.24, 2.45) is 0 Å². The van der Waals surface area contributed by atoms with Crippen molar-refractivity contribution in [3.05, 3.63) is 49.6 Å². The minimum absolute atomic E-state index is 0.0891. The van der Waals surface area contributed by atoms with Crippen molar-refractivity contribution in [3.8, 4) is 11.4 Å². The quantitative estimate of drug-likeness (QED) is 0.682. The average Bonchev–Trinajstić information content (AvgIpc) is 2.79. The highest BCUT2D eigenvalue weighted by Crippen LogP contribution is 2.32. The minimum atomic E-state index is -0.0891. The summed E-state index contributed by atoms with van der Waals surface area (Å²) < 4.78 is 6.43. The zero-order valence-corrected chi connectivity index (χ0v) is 14.0. The van der Waals surface area contributed by atoms with Crippen LogP contribution in [-0.4, -0.2) is 9.97 Å². The van der Waals surface area contributed by atoms with Gasteiger partial charge in [0.1, 0.15) is 17.2 Å². The van der Waals surface area contributed by atoms with Crippen LogP contribution in [0, 0.1) is 10.5 Å². The first-order chi connectivity index (χ1) is 10.1. The van der Waals surface area contributed by atoms with E-state index in [1.54, 1.807) is 0 Å². The molecule has 0 saturated heterocycles. The molecule has 21 heavy (non-hydrogen) atoms. The molecule has 2 aromatic heterocycles. The molecule has 0 radical (unpaired) electrons. The smallest absolute Gasteiger partial charge is 0.264 e. The lowest BCUT2D eigenvalue weighted by Gasteiger charge is -2.05. The molecule has 0 amide bonds. The van der Waals surface area contributed by atoms with Crippen LogP contribution in [0.1, 0.15) is 24.8 Å². The lowest BCUT2D eigenvalue weighted by atomic mass is 10.1. The van der Waals surface area contributed by atoms with Gasteiger partial charge in [0.2, 0.25) is 0 Å². The summed E-state index contributed by atoms with van der Waals surface area (Å²) in [4.78, 5) is 19.7. The zero-order chi connectivity index (χ0) is 15.0. The third kappa shape index (κ3) is 2.50. The van der Waals surface area contributed by atoms with Crippen molar-refractivity contribution in [3.63, 3.8) is 0 Å². The number of aromatic nitrogens is 2. The monoisotopic (exact) mass is 394 g/mol. The molecule has 0 aliphatic heterocycles. The van der Waals surface area contributed by atoms with Crippen LogP contribution in [0.5, 0.6) is 0 Å². The molecule has 0 fully saturated rings. The maximum Gasteiger partial charge on any atom is 0.264 e. The number of H-pyrrole nitrogens is 1. The number of furan rings is 1. The van der Waals surface area contributed by atoms with Gasteiger partial charge in [0.15, 0.2) is 0 Å². The van der Waals surface area contributed by atoms with Gasteiger partial charge in [0.05, 0.1) is 14.8 Å². The van der Waals surface area contributed by atoms with Crippen LogP contribution in [0.25, 0.3) is 22.4 Å². The Morgan fingerprint density at radius 3 is 2.86 bits per heavy atom. The van der Waals surface area contributed by atoms with E-state index in [-0.39, 0.29) is 5.56 Å². The fourth-order valence-electron chi connectivity index (χ4n) is 2.49. The lowest BCUT2D eigenvalue weighted by molar-refractivity contribution is 0.579. The first kappa shape index (κ1) is 14.3. The Bertz CT molecular complexity index is 864. The van der Waals surface area contributed by atoms with E-state index in [9.17, 15) is 4.79 Å². The molecule has 0 spiro atoms. The second-order valence-electron chi connectivity index (χ2n) is 4.95. The Labute approximate surface area is 135 Å². The Morgan fingerprint density at radius 1 is 1.33 bits per heavy atom. The SMILES string of the molecule is CCCc1nc(-c2c(C)oc3ccccc23)[nH]c(=O)c1I. The Hall–Kier alpha value is -1.63. The first-order valence-electron chi connectivity index (χ1n) is 6.89. The molecular formula is C16H15IN2O2. The van der Waals surface area contributed by atoms with Gasteiger partial charge in [0.25, 0.3) is 5.56 Å². The first-order valence-corrected chi connectivity index (χ1v) is 7.97. The number of nitrogens with zero attached hydrogens (tertiary/aromatic N) is 1. The minimum Gasteiger partial charge on any atom is -0.461 e. The van der Waals surface area contributed by atoms with Gasteiger partial charge in [-0.15, -0.1) is 0 Å². The predicted octanol–water partition coefficient (Wildman–Crippen LogP) is 4.05. The highest BCUT2D eigenvalue weighted by molar-refractivity contribution is 14.1. The molecule has 3 aromatic rings. The van der Waals surface area contributed by atoms with Crippen molar-refractivity contribution >= 4 is 33.6 Å².